The van der Waals surface area contributed by atoms with Crippen LogP contribution < -0.4 is 10.1 Å². The molecule has 4 heteroatoms. The number of rotatable bonds is 14. The summed E-state index contributed by atoms with van der Waals surface area (Å²) in [6.45, 7) is 2.94. The predicted molar refractivity (Wildman–Crippen MR) is 102 cm³/mol. The Morgan fingerprint density at radius 2 is 1.48 bits per heavy atom. The largest absolute Gasteiger partial charge is 0.497 e. The van der Waals surface area contributed by atoms with Crippen LogP contribution >= 0.6 is 0 Å². The highest BCUT2D eigenvalue weighted by atomic mass is 16.5. The van der Waals surface area contributed by atoms with Crippen LogP contribution in [0, 0.1) is 0 Å². The van der Waals surface area contributed by atoms with Gasteiger partial charge in [-0.3, -0.25) is 9.59 Å². The molecule has 1 aromatic carbocycles. The molecule has 0 aliphatic heterocycles. The molecule has 4 nitrogen and oxygen atoms in total. The fraction of sp³-hybridized carbons (Fsp3) is 0.619. The zero-order valence-electron chi connectivity index (χ0n) is 15.8. The number of amides is 1. The van der Waals surface area contributed by atoms with Crippen molar-refractivity contribution in [2.75, 3.05) is 13.7 Å². The Morgan fingerprint density at radius 3 is 2.08 bits per heavy atom. The molecule has 0 radical (unpaired) electrons. The van der Waals surface area contributed by atoms with Gasteiger partial charge in [-0.25, -0.2) is 0 Å². The molecule has 1 rings (SSSR count). The highest BCUT2D eigenvalue weighted by Gasteiger charge is 2.09. The molecule has 1 amide bonds. The first kappa shape index (κ1) is 21.2. The van der Waals surface area contributed by atoms with Crippen LogP contribution in [0.2, 0.25) is 0 Å². The number of methoxy groups -OCH3 is 1. The summed E-state index contributed by atoms with van der Waals surface area (Å²) in [5.41, 5.74) is 0.622. The number of ether oxygens (including phenoxy) is 1. The Morgan fingerprint density at radius 1 is 0.880 bits per heavy atom. The van der Waals surface area contributed by atoms with E-state index in [0.717, 1.165) is 18.6 Å². The second-order valence-corrected chi connectivity index (χ2v) is 6.48. The smallest absolute Gasteiger partial charge is 0.220 e. The van der Waals surface area contributed by atoms with E-state index in [1.165, 1.54) is 38.5 Å². The number of hydrogen-bond acceptors (Lipinski definition) is 3. The average Bonchev–Trinajstić information content (AvgIpc) is 2.64. The van der Waals surface area contributed by atoms with Gasteiger partial charge in [0.1, 0.15) is 5.75 Å². The lowest BCUT2D eigenvalue weighted by Crippen LogP contribution is -2.24. The summed E-state index contributed by atoms with van der Waals surface area (Å²) < 4.78 is 5.07. The van der Waals surface area contributed by atoms with Gasteiger partial charge in [0.25, 0.3) is 0 Å². The van der Waals surface area contributed by atoms with Crippen molar-refractivity contribution in [1.29, 1.82) is 0 Å². The molecule has 0 aromatic heterocycles. The Labute approximate surface area is 152 Å². The van der Waals surface area contributed by atoms with E-state index in [1.807, 2.05) is 0 Å². The number of unbranched alkanes of at least 4 members (excludes halogenated alkanes) is 7. The minimum absolute atomic E-state index is 0.00937. The summed E-state index contributed by atoms with van der Waals surface area (Å²) in [6, 6.07) is 6.99. The Kier molecular flexibility index (Phi) is 11.4. The molecular formula is C21H33NO3. The number of carbonyl (C=O) groups excluding carboxylic acids is 2. The summed E-state index contributed by atoms with van der Waals surface area (Å²) >= 11 is 0. The molecule has 0 bridgehead atoms. The van der Waals surface area contributed by atoms with E-state index in [9.17, 15) is 9.59 Å². The minimum Gasteiger partial charge on any atom is -0.497 e. The van der Waals surface area contributed by atoms with Crippen LogP contribution in [0.4, 0.5) is 0 Å². The Bertz CT molecular complexity index is 496. The highest BCUT2D eigenvalue weighted by Crippen LogP contribution is 2.13. The SMILES string of the molecule is CCCCCCCCCCNC(=O)CCC(=O)c1ccc(OC)cc1. The van der Waals surface area contributed by atoms with Gasteiger partial charge in [0.05, 0.1) is 7.11 Å². The van der Waals surface area contributed by atoms with E-state index in [2.05, 4.69) is 12.2 Å². The third-order valence-corrected chi connectivity index (χ3v) is 4.34. The molecule has 140 valence electrons. The third kappa shape index (κ3) is 9.90. The van der Waals surface area contributed by atoms with E-state index in [0.29, 0.717) is 12.1 Å². The van der Waals surface area contributed by atoms with Gasteiger partial charge in [-0.1, -0.05) is 51.9 Å². The molecule has 0 aliphatic rings. The van der Waals surface area contributed by atoms with Gasteiger partial charge in [-0.05, 0) is 30.7 Å². The maximum atomic E-state index is 12.1. The lowest BCUT2D eigenvalue weighted by Gasteiger charge is -2.06. The zero-order valence-corrected chi connectivity index (χ0v) is 15.8. The fourth-order valence-electron chi connectivity index (χ4n) is 2.72. The van der Waals surface area contributed by atoms with E-state index in [1.54, 1.807) is 31.4 Å². The average molecular weight is 347 g/mol. The number of nitrogens with one attached hydrogen (secondary N) is 1. The zero-order chi connectivity index (χ0) is 18.3. The van der Waals surface area contributed by atoms with Crippen LogP contribution in [0.3, 0.4) is 0 Å². The number of hydrogen-bond donors (Lipinski definition) is 1. The molecule has 25 heavy (non-hydrogen) atoms. The second-order valence-electron chi connectivity index (χ2n) is 6.48. The maximum Gasteiger partial charge on any atom is 0.220 e. The summed E-state index contributed by atoms with van der Waals surface area (Å²) in [4.78, 5) is 23.9. The van der Waals surface area contributed by atoms with E-state index >= 15 is 0 Å². The molecule has 0 saturated carbocycles. The number of benzene rings is 1. The lowest BCUT2D eigenvalue weighted by atomic mass is 10.1. The van der Waals surface area contributed by atoms with E-state index < -0.39 is 0 Å². The monoisotopic (exact) mass is 347 g/mol. The molecule has 0 heterocycles. The molecule has 0 atom stereocenters. The van der Waals surface area contributed by atoms with Crippen LogP contribution in [0.5, 0.6) is 5.75 Å². The van der Waals surface area contributed by atoms with Crippen molar-refractivity contribution in [2.45, 2.75) is 71.1 Å². The summed E-state index contributed by atoms with van der Waals surface area (Å²) in [5, 5.41) is 2.91. The Balaban J connectivity index is 2.05. The number of carbonyl (C=O) groups is 2. The Hall–Kier alpha value is -1.84. The van der Waals surface area contributed by atoms with Crippen LogP contribution in [0.25, 0.3) is 0 Å². The summed E-state index contributed by atoms with van der Waals surface area (Å²) in [5.74, 6) is 0.675. The van der Waals surface area contributed by atoms with Gasteiger partial charge in [0, 0.05) is 24.9 Å². The first-order chi connectivity index (χ1) is 12.2. The fourth-order valence-corrected chi connectivity index (χ4v) is 2.72. The van der Waals surface area contributed by atoms with E-state index in [-0.39, 0.29) is 24.5 Å². The summed E-state index contributed by atoms with van der Waals surface area (Å²) in [6.07, 6.45) is 10.5. The van der Waals surface area contributed by atoms with Crippen molar-refractivity contribution in [1.82, 2.24) is 5.32 Å². The van der Waals surface area contributed by atoms with Crippen molar-refractivity contribution < 1.29 is 14.3 Å². The van der Waals surface area contributed by atoms with Crippen LogP contribution in [-0.4, -0.2) is 25.3 Å². The number of Topliss-reactive ketones (excluding diaryl/α,β-unsaturated/α-hetero) is 1. The van der Waals surface area contributed by atoms with Gasteiger partial charge in [0.15, 0.2) is 5.78 Å². The molecule has 0 saturated heterocycles. The van der Waals surface area contributed by atoms with Gasteiger partial charge in [-0.2, -0.15) is 0 Å². The van der Waals surface area contributed by atoms with Crippen molar-refractivity contribution in [3.8, 4) is 5.75 Å². The maximum absolute atomic E-state index is 12.1. The van der Waals surface area contributed by atoms with Gasteiger partial charge < -0.3 is 10.1 Å². The van der Waals surface area contributed by atoms with E-state index in [4.69, 9.17) is 4.74 Å². The molecule has 1 N–H and O–H groups in total. The first-order valence-corrected chi connectivity index (χ1v) is 9.61. The van der Waals surface area contributed by atoms with Gasteiger partial charge in [0.2, 0.25) is 5.91 Å². The third-order valence-electron chi connectivity index (χ3n) is 4.34. The van der Waals surface area contributed by atoms with Crippen molar-refractivity contribution in [3.05, 3.63) is 29.8 Å². The quantitative estimate of drug-likeness (QED) is 0.384. The summed E-state index contributed by atoms with van der Waals surface area (Å²) in [7, 11) is 1.59. The predicted octanol–water partition coefficient (Wildman–Crippen LogP) is 4.92. The normalized spacial score (nSPS) is 10.5. The van der Waals surface area contributed by atoms with Gasteiger partial charge in [-0.15, -0.1) is 0 Å². The molecular weight excluding hydrogens is 314 g/mol. The lowest BCUT2D eigenvalue weighted by molar-refractivity contribution is -0.121. The van der Waals surface area contributed by atoms with Gasteiger partial charge >= 0.3 is 0 Å². The molecule has 0 unspecified atom stereocenters. The molecule has 0 fully saturated rings. The van der Waals surface area contributed by atoms with Crippen molar-refractivity contribution >= 4 is 11.7 Å². The molecule has 1 aromatic rings. The van der Waals surface area contributed by atoms with Crippen LogP contribution in [0.15, 0.2) is 24.3 Å². The number of ketones is 1. The molecule has 0 aliphatic carbocycles. The topological polar surface area (TPSA) is 55.4 Å². The molecule has 0 spiro atoms. The highest BCUT2D eigenvalue weighted by molar-refractivity contribution is 5.98. The minimum atomic E-state index is -0.0372. The van der Waals surface area contributed by atoms with Crippen LogP contribution in [0.1, 0.15) is 81.5 Å². The second kappa shape index (κ2) is 13.5. The van der Waals surface area contributed by atoms with Crippen molar-refractivity contribution in [3.63, 3.8) is 0 Å². The van der Waals surface area contributed by atoms with Crippen LogP contribution in [-0.2, 0) is 4.79 Å². The van der Waals surface area contributed by atoms with Crippen molar-refractivity contribution in [2.24, 2.45) is 0 Å². The first-order valence-electron chi connectivity index (χ1n) is 9.61. The standard InChI is InChI=1S/C21H33NO3/c1-3-4-5-6-7-8-9-10-17-22-21(24)16-15-20(23)18-11-13-19(25-2)14-12-18/h11-14H,3-10,15-17H2,1-2H3,(H,22,24).